The lowest BCUT2D eigenvalue weighted by Gasteiger charge is -2.06. The molecule has 0 aromatic heterocycles. The molecule has 0 saturated heterocycles. The van der Waals surface area contributed by atoms with Gasteiger partial charge in [0.15, 0.2) is 0 Å². The van der Waals surface area contributed by atoms with E-state index < -0.39 is 5.91 Å². The number of carbonyl (C=O) groups is 2. The van der Waals surface area contributed by atoms with Crippen LogP contribution in [0, 0.1) is 5.92 Å². The largest absolute Gasteiger partial charge is 0.370 e. The third kappa shape index (κ3) is 3.22. The Kier molecular flexibility index (Phi) is 3.69. The molecule has 0 saturated carbocycles. The van der Waals surface area contributed by atoms with E-state index in [1.165, 1.54) is 6.92 Å². The summed E-state index contributed by atoms with van der Waals surface area (Å²) in [4.78, 5) is 21.0. The molecule has 3 heteroatoms. The summed E-state index contributed by atoms with van der Waals surface area (Å²) in [6.07, 6.45) is 0.879. The fraction of sp³-hybridized carbons (Fsp3) is 0.714. The summed E-state index contributed by atoms with van der Waals surface area (Å²) in [7, 11) is 0. The zero-order valence-corrected chi connectivity index (χ0v) is 6.39. The quantitative estimate of drug-likeness (QED) is 0.622. The van der Waals surface area contributed by atoms with Gasteiger partial charge in [0.2, 0.25) is 5.91 Å². The third-order valence-electron chi connectivity index (χ3n) is 1.52. The maximum atomic E-state index is 10.7. The van der Waals surface area contributed by atoms with Crippen molar-refractivity contribution in [2.24, 2.45) is 11.7 Å². The van der Waals surface area contributed by atoms with Gasteiger partial charge in [-0.3, -0.25) is 9.59 Å². The fourth-order valence-corrected chi connectivity index (χ4v) is 0.818. The van der Waals surface area contributed by atoms with E-state index in [0.717, 1.165) is 0 Å². The van der Waals surface area contributed by atoms with E-state index in [4.69, 9.17) is 5.73 Å². The lowest BCUT2D eigenvalue weighted by molar-refractivity contribution is -0.126. The second-order valence-corrected chi connectivity index (χ2v) is 2.39. The van der Waals surface area contributed by atoms with E-state index in [1.54, 1.807) is 0 Å². The van der Waals surface area contributed by atoms with E-state index in [1.807, 2.05) is 6.92 Å². The molecule has 0 bridgehead atoms. The van der Waals surface area contributed by atoms with Crippen molar-refractivity contribution < 1.29 is 9.59 Å². The van der Waals surface area contributed by atoms with Gasteiger partial charge in [-0.1, -0.05) is 6.92 Å². The molecule has 0 fully saturated rings. The SMILES string of the molecule is CC[C@@H](CC(N)=O)C(C)=O. The highest BCUT2D eigenvalue weighted by atomic mass is 16.1. The topological polar surface area (TPSA) is 60.2 Å². The van der Waals surface area contributed by atoms with Gasteiger partial charge < -0.3 is 5.73 Å². The number of rotatable bonds is 4. The van der Waals surface area contributed by atoms with Crippen molar-refractivity contribution in [1.82, 2.24) is 0 Å². The van der Waals surface area contributed by atoms with Crippen LogP contribution in [0.3, 0.4) is 0 Å². The summed E-state index contributed by atoms with van der Waals surface area (Å²) in [5, 5.41) is 0. The Hall–Kier alpha value is -0.860. The van der Waals surface area contributed by atoms with Gasteiger partial charge in [0.25, 0.3) is 0 Å². The summed E-state index contributed by atoms with van der Waals surface area (Å²) in [6.45, 7) is 3.35. The molecule has 0 heterocycles. The number of amides is 1. The van der Waals surface area contributed by atoms with Gasteiger partial charge in [-0.05, 0) is 13.3 Å². The minimum atomic E-state index is -0.401. The minimum Gasteiger partial charge on any atom is -0.370 e. The molecule has 0 aliphatic carbocycles. The van der Waals surface area contributed by atoms with Crippen LogP contribution in [-0.2, 0) is 9.59 Å². The molecule has 0 spiro atoms. The number of primary amides is 1. The van der Waals surface area contributed by atoms with Gasteiger partial charge in [-0.25, -0.2) is 0 Å². The van der Waals surface area contributed by atoms with Gasteiger partial charge in [0.1, 0.15) is 5.78 Å². The van der Waals surface area contributed by atoms with E-state index >= 15 is 0 Å². The van der Waals surface area contributed by atoms with Crippen molar-refractivity contribution >= 4 is 11.7 Å². The molecule has 0 radical (unpaired) electrons. The summed E-state index contributed by atoms with van der Waals surface area (Å²) < 4.78 is 0. The van der Waals surface area contributed by atoms with Crippen LogP contribution >= 0.6 is 0 Å². The van der Waals surface area contributed by atoms with Crippen LogP contribution in [0.5, 0.6) is 0 Å². The van der Waals surface area contributed by atoms with Crippen molar-refractivity contribution in [2.45, 2.75) is 26.7 Å². The van der Waals surface area contributed by atoms with Crippen molar-refractivity contribution in [3.8, 4) is 0 Å². The van der Waals surface area contributed by atoms with Crippen LogP contribution in [0.25, 0.3) is 0 Å². The van der Waals surface area contributed by atoms with E-state index in [0.29, 0.717) is 6.42 Å². The first-order valence-electron chi connectivity index (χ1n) is 3.36. The van der Waals surface area contributed by atoms with Gasteiger partial charge in [0.05, 0.1) is 0 Å². The van der Waals surface area contributed by atoms with Crippen LogP contribution in [0.1, 0.15) is 26.7 Å². The average molecular weight is 143 g/mol. The van der Waals surface area contributed by atoms with Crippen molar-refractivity contribution in [3.63, 3.8) is 0 Å². The molecule has 2 N–H and O–H groups in total. The molecule has 0 aliphatic rings. The summed E-state index contributed by atoms with van der Waals surface area (Å²) in [5.74, 6) is -0.527. The van der Waals surface area contributed by atoms with Crippen LogP contribution in [-0.4, -0.2) is 11.7 Å². The Morgan fingerprint density at radius 2 is 2.00 bits per heavy atom. The molecular formula is C7H13NO2. The molecule has 0 rings (SSSR count). The lowest BCUT2D eigenvalue weighted by Crippen LogP contribution is -2.20. The molecule has 0 aromatic rings. The highest BCUT2D eigenvalue weighted by molar-refractivity contribution is 5.84. The Balaban J connectivity index is 3.83. The first kappa shape index (κ1) is 9.14. The highest BCUT2D eigenvalue weighted by Crippen LogP contribution is 2.07. The van der Waals surface area contributed by atoms with Crippen molar-refractivity contribution in [3.05, 3.63) is 0 Å². The lowest BCUT2D eigenvalue weighted by atomic mass is 9.98. The second-order valence-electron chi connectivity index (χ2n) is 2.39. The first-order valence-corrected chi connectivity index (χ1v) is 3.36. The normalized spacial score (nSPS) is 12.6. The number of Topliss-reactive ketones (excluding diaryl/α,β-unsaturated/α-hetero) is 1. The molecular weight excluding hydrogens is 130 g/mol. The van der Waals surface area contributed by atoms with Crippen molar-refractivity contribution in [1.29, 1.82) is 0 Å². The average Bonchev–Trinajstić information content (AvgIpc) is 1.81. The Labute approximate surface area is 60.6 Å². The number of hydrogen-bond donors (Lipinski definition) is 1. The summed E-state index contributed by atoms with van der Waals surface area (Å²) >= 11 is 0. The molecule has 0 aliphatic heterocycles. The van der Waals surface area contributed by atoms with Gasteiger partial charge >= 0.3 is 0 Å². The molecule has 0 unspecified atom stereocenters. The standard InChI is InChI=1S/C7H13NO2/c1-3-6(5(2)9)4-7(8)10/h6H,3-4H2,1-2H3,(H2,8,10)/t6-/m0/s1. The molecule has 10 heavy (non-hydrogen) atoms. The van der Waals surface area contributed by atoms with Crippen LogP contribution in [0.2, 0.25) is 0 Å². The molecule has 0 aromatic carbocycles. The molecule has 1 amide bonds. The van der Waals surface area contributed by atoms with Gasteiger partial charge in [-0.15, -0.1) is 0 Å². The smallest absolute Gasteiger partial charge is 0.218 e. The molecule has 58 valence electrons. The molecule has 3 nitrogen and oxygen atoms in total. The fourth-order valence-electron chi connectivity index (χ4n) is 0.818. The maximum absolute atomic E-state index is 10.7. The first-order chi connectivity index (χ1) is 4.57. The van der Waals surface area contributed by atoms with Gasteiger partial charge in [0, 0.05) is 12.3 Å². The number of hydrogen-bond acceptors (Lipinski definition) is 2. The van der Waals surface area contributed by atoms with E-state index in [9.17, 15) is 9.59 Å². The Bertz CT molecular complexity index is 143. The Morgan fingerprint density at radius 1 is 1.50 bits per heavy atom. The Morgan fingerprint density at radius 3 is 2.10 bits per heavy atom. The van der Waals surface area contributed by atoms with E-state index in [-0.39, 0.29) is 18.1 Å². The van der Waals surface area contributed by atoms with Gasteiger partial charge in [-0.2, -0.15) is 0 Å². The zero-order valence-electron chi connectivity index (χ0n) is 6.39. The third-order valence-corrected chi connectivity index (χ3v) is 1.52. The van der Waals surface area contributed by atoms with Crippen LogP contribution in [0.4, 0.5) is 0 Å². The second kappa shape index (κ2) is 4.04. The summed E-state index contributed by atoms with van der Waals surface area (Å²) in [5.41, 5.74) is 4.92. The van der Waals surface area contributed by atoms with E-state index in [2.05, 4.69) is 0 Å². The number of nitrogens with two attached hydrogens (primary N) is 1. The van der Waals surface area contributed by atoms with Crippen molar-refractivity contribution in [2.75, 3.05) is 0 Å². The molecule has 1 atom stereocenters. The van der Waals surface area contributed by atoms with Crippen LogP contribution < -0.4 is 5.73 Å². The monoisotopic (exact) mass is 143 g/mol. The number of carbonyl (C=O) groups excluding carboxylic acids is 2. The number of ketones is 1. The zero-order chi connectivity index (χ0) is 8.15. The minimum absolute atomic E-state index is 0.0429. The maximum Gasteiger partial charge on any atom is 0.218 e. The summed E-state index contributed by atoms with van der Waals surface area (Å²) in [6, 6.07) is 0. The highest BCUT2D eigenvalue weighted by Gasteiger charge is 2.13. The van der Waals surface area contributed by atoms with Crippen LogP contribution in [0.15, 0.2) is 0 Å². The predicted octanol–water partition coefficient (Wildman–Crippen LogP) is 0.477. The predicted molar refractivity (Wildman–Crippen MR) is 38.3 cm³/mol.